The summed E-state index contributed by atoms with van der Waals surface area (Å²) in [7, 11) is 4.01. The molecule has 1 rings (SSSR count). The van der Waals surface area contributed by atoms with Gasteiger partial charge < -0.3 is 19.5 Å². The van der Waals surface area contributed by atoms with E-state index in [0.717, 1.165) is 36.4 Å². The molecule has 1 aromatic carbocycles. The maximum atomic E-state index is 10.4. The van der Waals surface area contributed by atoms with E-state index in [4.69, 9.17) is 9.47 Å². The Labute approximate surface area is 128 Å². The van der Waals surface area contributed by atoms with Gasteiger partial charge in [0.1, 0.15) is 11.5 Å². The molecule has 0 heterocycles. The highest BCUT2D eigenvalue weighted by molar-refractivity contribution is 5.42. The molecule has 0 aromatic heterocycles. The molecule has 0 aliphatic carbocycles. The molecule has 0 aliphatic rings. The number of hydrogen-bond acceptors (Lipinski definition) is 4. The molecule has 1 N–H and O–H groups in total. The number of aliphatic hydroxyl groups excluding tert-OH is 1. The van der Waals surface area contributed by atoms with Crippen molar-refractivity contribution in [2.75, 3.05) is 33.9 Å². The van der Waals surface area contributed by atoms with Crippen LogP contribution < -0.4 is 9.47 Å². The molecule has 0 radical (unpaired) electrons. The lowest BCUT2D eigenvalue weighted by atomic mass is 10.0. The molecule has 0 bridgehead atoms. The zero-order valence-electron chi connectivity index (χ0n) is 13.8. The maximum absolute atomic E-state index is 10.4. The highest BCUT2D eigenvalue weighted by Crippen LogP contribution is 2.31. The van der Waals surface area contributed by atoms with Gasteiger partial charge in [-0.2, -0.15) is 0 Å². The second kappa shape index (κ2) is 9.64. The minimum atomic E-state index is -0.514. The first-order valence-corrected chi connectivity index (χ1v) is 7.80. The molecule has 1 unspecified atom stereocenters. The third-order valence-electron chi connectivity index (χ3n) is 3.13. The first-order valence-electron chi connectivity index (χ1n) is 7.80. The van der Waals surface area contributed by atoms with Crippen molar-refractivity contribution in [3.8, 4) is 11.5 Å². The topological polar surface area (TPSA) is 41.9 Å². The Morgan fingerprint density at radius 3 is 2.38 bits per heavy atom. The van der Waals surface area contributed by atoms with Gasteiger partial charge in [-0.05, 0) is 45.5 Å². The smallest absolute Gasteiger partial charge is 0.128 e. The summed E-state index contributed by atoms with van der Waals surface area (Å²) in [4.78, 5) is 2.06. The van der Waals surface area contributed by atoms with Gasteiger partial charge in [0.2, 0.25) is 0 Å². The third kappa shape index (κ3) is 6.36. The zero-order valence-corrected chi connectivity index (χ0v) is 13.8. The molecule has 0 spiro atoms. The lowest BCUT2D eigenvalue weighted by Crippen LogP contribution is -2.16. The minimum absolute atomic E-state index is 0.514. The van der Waals surface area contributed by atoms with Crippen LogP contribution in [0.4, 0.5) is 0 Å². The summed E-state index contributed by atoms with van der Waals surface area (Å²) in [5, 5.41) is 10.4. The van der Waals surface area contributed by atoms with E-state index in [0.29, 0.717) is 19.6 Å². The van der Waals surface area contributed by atoms with Crippen molar-refractivity contribution in [1.82, 2.24) is 4.90 Å². The average molecular weight is 295 g/mol. The molecule has 0 fully saturated rings. The number of hydrogen-bond donors (Lipinski definition) is 1. The number of aliphatic hydroxyl groups is 1. The van der Waals surface area contributed by atoms with Gasteiger partial charge in [0.25, 0.3) is 0 Å². The lowest BCUT2D eigenvalue weighted by Gasteiger charge is -2.19. The number of benzene rings is 1. The monoisotopic (exact) mass is 295 g/mol. The van der Waals surface area contributed by atoms with Crippen LogP contribution in [0.5, 0.6) is 11.5 Å². The Morgan fingerprint density at radius 2 is 1.76 bits per heavy atom. The fourth-order valence-corrected chi connectivity index (χ4v) is 1.97. The summed E-state index contributed by atoms with van der Waals surface area (Å²) in [6, 6.07) is 5.71. The standard InChI is InChI=1S/C17H29NO3/c1-5-11-20-14-7-8-15(16(19)9-10-18(3)4)17(13-14)21-12-6-2/h7-8,13,16,19H,5-6,9-12H2,1-4H3. The second-order valence-corrected chi connectivity index (χ2v) is 5.50. The summed E-state index contributed by atoms with van der Waals surface area (Å²) < 4.78 is 11.4. The van der Waals surface area contributed by atoms with E-state index in [1.807, 2.05) is 32.3 Å². The van der Waals surface area contributed by atoms with Gasteiger partial charge in [-0.1, -0.05) is 13.8 Å². The van der Waals surface area contributed by atoms with Crippen LogP contribution in [-0.2, 0) is 0 Å². The van der Waals surface area contributed by atoms with Crippen LogP contribution in [-0.4, -0.2) is 43.9 Å². The van der Waals surface area contributed by atoms with Crippen LogP contribution in [0.1, 0.15) is 44.8 Å². The fraction of sp³-hybridized carbons (Fsp3) is 0.647. The van der Waals surface area contributed by atoms with Gasteiger partial charge in [-0.15, -0.1) is 0 Å². The summed E-state index contributed by atoms with van der Waals surface area (Å²) in [5.74, 6) is 1.53. The molecule has 120 valence electrons. The fourth-order valence-electron chi connectivity index (χ4n) is 1.97. The highest BCUT2D eigenvalue weighted by Gasteiger charge is 2.15. The van der Waals surface area contributed by atoms with E-state index in [1.165, 1.54) is 0 Å². The SMILES string of the molecule is CCCOc1ccc(C(O)CCN(C)C)c(OCCC)c1. The number of nitrogens with zero attached hydrogens (tertiary/aromatic N) is 1. The van der Waals surface area contributed by atoms with Gasteiger partial charge in [0, 0.05) is 18.2 Å². The van der Waals surface area contributed by atoms with Crippen LogP contribution in [0.25, 0.3) is 0 Å². The first kappa shape index (κ1) is 17.8. The van der Waals surface area contributed by atoms with E-state index >= 15 is 0 Å². The molecule has 0 saturated heterocycles. The quantitative estimate of drug-likeness (QED) is 0.719. The van der Waals surface area contributed by atoms with Gasteiger partial charge >= 0.3 is 0 Å². The van der Waals surface area contributed by atoms with E-state index in [1.54, 1.807) is 0 Å². The van der Waals surface area contributed by atoms with Crippen LogP contribution in [0.2, 0.25) is 0 Å². The normalized spacial score (nSPS) is 12.5. The third-order valence-corrected chi connectivity index (χ3v) is 3.13. The summed E-state index contributed by atoms with van der Waals surface area (Å²) in [6.07, 6.45) is 2.08. The van der Waals surface area contributed by atoms with Gasteiger partial charge in [-0.3, -0.25) is 0 Å². The zero-order chi connectivity index (χ0) is 15.7. The van der Waals surface area contributed by atoms with Gasteiger partial charge in [-0.25, -0.2) is 0 Å². The Balaban J connectivity index is 2.83. The van der Waals surface area contributed by atoms with Crippen molar-refractivity contribution in [1.29, 1.82) is 0 Å². The molecule has 0 aliphatic heterocycles. The van der Waals surface area contributed by atoms with Crippen LogP contribution >= 0.6 is 0 Å². The van der Waals surface area contributed by atoms with Crippen LogP contribution in [0.3, 0.4) is 0 Å². The molecule has 1 atom stereocenters. The van der Waals surface area contributed by atoms with Crippen molar-refractivity contribution in [3.05, 3.63) is 23.8 Å². The van der Waals surface area contributed by atoms with Crippen molar-refractivity contribution < 1.29 is 14.6 Å². The Morgan fingerprint density at radius 1 is 1.10 bits per heavy atom. The summed E-state index contributed by atoms with van der Waals surface area (Å²) in [5.41, 5.74) is 0.842. The predicted octanol–water partition coefficient (Wildman–Crippen LogP) is 3.25. The van der Waals surface area contributed by atoms with Crippen molar-refractivity contribution in [2.24, 2.45) is 0 Å². The summed E-state index contributed by atoms with van der Waals surface area (Å²) in [6.45, 7) is 6.32. The van der Waals surface area contributed by atoms with E-state index in [2.05, 4.69) is 18.7 Å². The molecular weight excluding hydrogens is 266 g/mol. The average Bonchev–Trinajstić information content (AvgIpc) is 2.48. The predicted molar refractivity (Wildman–Crippen MR) is 86.1 cm³/mol. The van der Waals surface area contributed by atoms with Crippen molar-refractivity contribution >= 4 is 0 Å². The maximum Gasteiger partial charge on any atom is 0.128 e. The molecule has 4 nitrogen and oxygen atoms in total. The lowest BCUT2D eigenvalue weighted by molar-refractivity contribution is 0.149. The molecule has 4 heteroatoms. The van der Waals surface area contributed by atoms with E-state index < -0.39 is 6.10 Å². The van der Waals surface area contributed by atoms with Crippen molar-refractivity contribution in [3.63, 3.8) is 0 Å². The number of rotatable bonds is 10. The van der Waals surface area contributed by atoms with Crippen LogP contribution in [0, 0.1) is 0 Å². The first-order chi connectivity index (χ1) is 10.1. The Bertz CT molecular complexity index is 407. The number of ether oxygens (including phenoxy) is 2. The summed E-state index contributed by atoms with van der Waals surface area (Å²) >= 11 is 0. The van der Waals surface area contributed by atoms with Gasteiger partial charge in [0.05, 0.1) is 19.3 Å². The largest absolute Gasteiger partial charge is 0.493 e. The highest BCUT2D eigenvalue weighted by atomic mass is 16.5. The van der Waals surface area contributed by atoms with E-state index in [-0.39, 0.29) is 0 Å². The molecule has 0 saturated carbocycles. The van der Waals surface area contributed by atoms with E-state index in [9.17, 15) is 5.11 Å². The molecule has 1 aromatic rings. The molecular formula is C17H29NO3. The Kier molecular flexibility index (Phi) is 8.16. The molecule has 21 heavy (non-hydrogen) atoms. The second-order valence-electron chi connectivity index (χ2n) is 5.50. The molecule has 0 amide bonds. The van der Waals surface area contributed by atoms with Crippen molar-refractivity contribution in [2.45, 2.75) is 39.2 Å². The van der Waals surface area contributed by atoms with Crippen LogP contribution in [0.15, 0.2) is 18.2 Å². The Hall–Kier alpha value is -1.26. The minimum Gasteiger partial charge on any atom is -0.493 e. The van der Waals surface area contributed by atoms with Gasteiger partial charge in [0.15, 0.2) is 0 Å².